The third kappa shape index (κ3) is 10.0. The van der Waals surface area contributed by atoms with Gasteiger partial charge in [-0.2, -0.15) is 11.8 Å². The van der Waals surface area contributed by atoms with E-state index in [1.165, 1.54) is 0 Å². The summed E-state index contributed by atoms with van der Waals surface area (Å²) < 4.78 is 0. The number of thioether (sulfide) groups is 1. The smallest absolute Gasteiger partial charge is 0.245 e. The number of nitrogens with one attached hydrogen (secondary N) is 5. The minimum atomic E-state index is -1.18. The number of hydrogen-bond acceptors (Lipinski definition) is 7. The van der Waals surface area contributed by atoms with E-state index in [9.17, 15) is 28.8 Å². The van der Waals surface area contributed by atoms with Crippen LogP contribution in [0.2, 0.25) is 0 Å². The monoisotopic (exact) mass is 711 g/mol. The Kier molecular flexibility index (Phi) is 14.1. The van der Waals surface area contributed by atoms with Crippen LogP contribution >= 0.6 is 11.8 Å². The van der Waals surface area contributed by atoms with Crippen molar-refractivity contribution < 1.29 is 28.8 Å². The number of para-hydroxylation sites is 1. The number of aromatic nitrogens is 1. The molecular weight excluding hydrogens is 659 g/mol. The fourth-order valence-corrected chi connectivity index (χ4v) is 7.75. The van der Waals surface area contributed by atoms with Crippen LogP contribution < -0.4 is 27.0 Å². The van der Waals surface area contributed by atoms with E-state index in [1.807, 2.05) is 58.2 Å². The first-order valence-corrected chi connectivity index (χ1v) is 19.0. The molecule has 2 aliphatic rings. The van der Waals surface area contributed by atoms with Gasteiger partial charge in [-0.25, -0.2) is 0 Å². The lowest BCUT2D eigenvalue weighted by Gasteiger charge is -2.32. The number of H-pyrrole nitrogens is 1. The van der Waals surface area contributed by atoms with Crippen molar-refractivity contribution >= 4 is 58.1 Å². The maximum Gasteiger partial charge on any atom is 0.245 e. The maximum absolute atomic E-state index is 14.0. The van der Waals surface area contributed by atoms with Crippen LogP contribution in [0.3, 0.4) is 0 Å². The van der Waals surface area contributed by atoms with Crippen molar-refractivity contribution in [3.63, 3.8) is 0 Å². The van der Waals surface area contributed by atoms with Gasteiger partial charge in [-0.1, -0.05) is 58.7 Å². The lowest BCUT2D eigenvalue weighted by Crippen LogP contribution is -2.61. The fourth-order valence-electron chi connectivity index (χ4n) is 6.61. The number of carbonyl (C=O) groups excluding carboxylic acids is 6. The van der Waals surface area contributed by atoms with E-state index in [-0.39, 0.29) is 49.0 Å². The van der Waals surface area contributed by atoms with Crippen LogP contribution in [-0.4, -0.2) is 93.6 Å². The van der Waals surface area contributed by atoms with E-state index in [0.29, 0.717) is 37.3 Å². The van der Waals surface area contributed by atoms with E-state index in [1.54, 1.807) is 16.7 Å². The highest BCUT2D eigenvalue weighted by atomic mass is 32.2. The summed E-state index contributed by atoms with van der Waals surface area (Å²) in [6.07, 6.45) is 5.07. The first-order valence-electron chi connectivity index (χ1n) is 17.8. The molecule has 6 amide bonds. The molecule has 7 N–H and O–H groups in total. The summed E-state index contributed by atoms with van der Waals surface area (Å²) in [6.45, 7) is 7.92. The quantitative estimate of drug-likeness (QED) is 0.241. The van der Waals surface area contributed by atoms with Crippen molar-refractivity contribution in [1.29, 1.82) is 0 Å². The number of benzene rings is 1. The van der Waals surface area contributed by atoms with E-state index >= 15 is 0 Å². The van der Waals surface area contributed by atoms with Crippen molar-refractivity contribution in [3.8, 4) is 0 Å². The number of hydrogen-bond donors (Lipinski definition) is 6. The lowest BCUT2D eigenvalue weighted by molar-refractivity contribution is -0.140. The lowest BCUT2D eigenvalue weighted by atomic mass is 9.94. The van der Waals surface area contributed by atoms with Gasteiger partial charge in [0.15, 0.2) is 0 Å². The standard InChI is InChI=1S/C36H53N7O6S/c1-5-21(3)31-34(47)40-28(18-29(37)44)36(49)43-15-9-11-24(43)20-50-16-10-14-30(45)39-27(17-23-19-38-26-13-8-7-12-25(23)26)33(46)41-32(22(4)6-2)35(48)42-31/h7-8,12-13,19,21-22,24,27-28,31-32,38H,5-6,9-11,14-18,20H2,1-4H3,(H2,37,44)(H,39,45)(H,40,47)(H,41,46)(H,42,48)/t21-,22-,24-,27+,28-,31-,32-/m0/s1. The van der Waals surface area contributed by atoms with Crippen LogP contribution in [0.1, 0.15) is 78.2 Å². The van der Waals surface area contributed by atoms with E-state index in [4.69, 9.17) is 5.73 Å². The third-order valence-electron chi connectivity index (χ3n) is 10.0. The highest BCUT2D eigenvalue weighted by molar-refractivity contribution is 7.99. The second-order valence-electron chi connectivity index (χ2n) is 13.7. The number of amides is 6. The molecular formula is C36H53N7O6S. The molecule has 50 heavy (non-hydrogen) atoms. The Hall–Kier alpha value is -4.07. The summed E-state index contributed by atoms with van der Waals surface area (Å²) in [7, 11) is 0. The van der Waals surface area contributed by atoms with Crippen LogP contribution in [-0.2, 0) is 35.2 Å². The summed E-state index contributed by atoms with van der Waals surface area (Å²) >= 11 is 1.64. The minimum Gasteiger partial charge on any atom is -0.370 e. The second-order valence-corrected chi connectivity index (χ2v) is 14.8. The molecule has 2 saturated heterocycles. The Morgan fingerprint density at radius 1 is 0.900 bits per heavy atom. The van der Waals surface area contributed by atoms with Gasteiger partial charge in [0.25, 0.3) is 0 Å². The Bertz CT molecular complexity index is 1530. The molecule has 2 aliphatic heterocycles. The molecule has 7 atom stereocenters. The van der Waals surface area contributed by atoms with Gasteiger partial charge in [-0.05, 0) is 48.5 Å². The van der Waals surface area contributed by atoms with Crippen molar-refractivity contribution in [3.05, 3.63) is 36.0 Å². The van der Waals surface area contributed by atoms with Crippen LogP contribution in [0.15, 0.2) is 30.5 Å². The van der Waals surface area contributed by atoms with Gasteiger partial charge in [0.05, 0.1) is 6.42 Å². The predicted octanol–water partition coefficient (Wildman–Crippen LogP) is 2.14. The molecule has 0 radical (unpaired) electrons. The zero-order valence-corrected chi connectivity index (χ0v) is 30.4. The third-order valence-corrected chi connectivity index (χ3v) is 11.2. The fraction of sp³-hybridized carbons (Fsp3) is 0.611. The first-order chi connectivity index (χ1) is 23.9. The molecule has 0 unspecified atom stereocenters. The van der Waals surface area contributed by atoms with Gasteiger partial charge in [0, 0.05) is 48.3 Å². The summed E-state index contributed by atoms with van der Waals surface area (Å²) in [5, 5.41) is 12.4. The second kappa shape index (κ2) is 18.2. The molecule has 14 heteroatoms. The Labute approximate surface area is 298 Å². The van der Waals surface area contributed by atoms with Crippen LogP contribution in [0.4, 0.5) is 0 Å². The molecule has 0 aliphatic carbocycles. The number of aromatic amines is 1. The number of rotatable bonds is 8. The van der Waals surface area contributed by atoms with Crippen LogP contribution in [0.25, 0.3) is 10.9 Å². The normalized spacial score (nSPS) is 26.3. The molecule has 0 spiro atoms. The van der Waals surface area contributed by atoms with Gasteiger partial charge in [-0.15, -0.1) is 0 Å². The number of fused-ring (bicyclic) bond motifs is 2. The van der Waals surface area contributed by atoms with Crippen LogP contribution in [0.5, 0.6) is 0 Å². The van der Waals surface area contributed by atoms with E-state index in [0.717, 1.165) is 29.3 Å². The Balaban J connectivity index is 1.66. The molecule has 13 nitrogen and oxygen atoms in total. The predicted molar refractivity (Wildman–Crippen MR) is 194 cm³/mol. The SMILES string of the molecule is CC[C@H](C)[C@@H]1NC(=O)[C@H]([C@@H](C)CC)NC(=O)[C@@H](Cc2c[nH]c3ccccc23)NC(=O)CCCSC[C@@H]2CCCN2C(=O)[C@H](CC(N)=O)NC1=O. The number of nitrogens with two attached hydrogens (primary N) is 1. The highest BCUT2D eigenvalue weighted by Crippen LogP contribution is 2.24. The maximum atomic E-state index is 14.0. The van der Waals surface area contributed by atoms with Crippen molar-refractivity contribution in [2.24, 2.45) is 17.6 Å². The average Bonchev–Trinajstić information content (AvgIpc) is 3.74. The first kappa shape index (κ1) is 38.7. The highest BCUT2D eigenvalue weighted by Gasteiger charge is 2.38. The Morgan fingerprint density at radius 3 is 2.24 bits per heavy atom. The number of primary amides is 1. The number of nitrogens with zero attached hydrogens (tertiary/aromatic N) is 1. The molecule has 2 fully saturated rings. The van der Waals surface area contributed by atoms with E-state index in [2.05, 4.69) is 26.3 Å². The molecule has 1 aromatic heterocycles. The van der Waals surface area contributed by atoms with Crippen molar-refractivity contribution in [2.45, 2.75) is 109 Å². The zero-order chi connectivity index (χ0) is 36.4. The summed E-state index contributed by atoms with van der Waals surface area (Å²) in [6, 6.07) is 3.40. The molecule has 0 bridgehead atoms. The average molecular weight is 712 g/mol. The van der Waals surface area contributed by atoms with E-state index < -0.39 is 47.8 Å². The van der Waals surface area contributed by atoms with Gasteiger partial charge in [0.1, 0.15) is 24.2 Å². The minimum absolute atomic E-state index is 0.0928. The van der Waals surface area contributed by atoms with Gasteiger partial charge < -0.3 is 36.9 Å². The van der Waals surface area contributed by atoms with Gasteiger partial charge >= 0.3 is 0 Å². The molecule has 1 aromatic carbocycles. The summed E-state index contributed by atoms with van der Waals surface area (Å²) in [4.78, 5) is 85.9. The molecule has 4 rings (SSSR count). The van der Waals surface area contributed by atoms with Crippen molar-refractivity contribution in [2.75, 3.05) is 18.1 Å². The molecule has 3 heterocycles. The van der Waals surface area contributed by atoms with Crippen LogP contribution in [0, 0.1) is 11.8 Å². The number of carbonyl (C=O) groups is 6. The van der Waals surface area contributed by atoms with Gasteiger partial charge in [-0.3, -0.25) is 28.8 Å². The molecule has 274 valence electrons. The summed E-state index contributed by atoms with van der Waals surface area (Å²) in [5.41, 5.74) is 7.29. The van der Waals surface area contributed by atoms with Gasteiger partial charge in [0.2, 0.25) is 35.4 Å². The largest absolute Gasteiger partial charge is 0.370 e. The zero-order valence-electron chi connectivity index (χ0n) is 29.6. The Morgan fingerprint density at radius 2 is 1.56 bits per heavy atom. The van der Waals surface area contributed by atoms with Crippen molar-refractivity contribution in [1.82, 2.24) is 31.2 Å². The molecule has 2 aromatic rings. The summed E-state index contributed by atoms with van der Waals surface area (Å²) in [5.74, 6) is -2.43. The topological polar surface area (TPSA) is 196 Å². The molecule has 0 saturated carbocycles.